The van der Waals surface area contributed by atoms with E-state index in [4.69, 9.17) is 10.8 Å². The van der Waals surface area contributed by atoms with Crippen molar-refractivity contribution in [3.8, 4) is 22.8 Å². The second-order valence-corrected chi connectivity index (χ2v) is 16.7. The number of aryl methyl sites for hydroxylation is 2. The maximum atomic E-state index is 7.13. The molecule has 4 heterocycles. The van der Waals surface area contributed by atoms with Gasteiger partial charge in [-0.1, -0.05) is 158 Å². The zero-order valence-electron chi connectivity index (χ0n) is 41.2. The number of thiocarbonyl (C=S) groups is 2. The Morgan fingerprint density at radius 3 is 1.00 bits per heavy atom. The Morgan fingerprint density at radius 2 is 0.653 bits per heavy atom. The van der Waals surface area contributed by atoms with Crippen molar-refractivity contribution in [2.45, 2.75) is 13.8 Å². The SMILES string of the molecule is Cc1ccccc1N(c1ccccc1)c1ccc(/C=C/c2ccnc(-c3cc(/C=C/c4ccc(N(c5ccccc5)c5ccccc5C)cc4)ccn3)c2)cc1.[N-]=C=S.[N-]=C=S.[Ru+2].c1ccc(-c2ccccn2)nc1. The predicted octanol–water partition coefficient (Wildman–Crippen LogP) is 17.5. The maximum absolute atomic E-state index is 7.13. The van der Waals surface area contributed by atoms with Crippen molar-refractivity contribution in [3.63, 3.8) is 0 Å². The van der Waals surface area contributed by atoms with E-state index >= 15 is 0 Å². The average molecular weight is 1100 g/mol. The molecule has 366 valence electrons. The van der Waals surface area contributed by atoms with Crippen LogP contribution in [0.4, 0.5) is 34.1 Å². The van der Waals surface area contributed by atoms with Gasteiger partial charge in [-0.05, 0) is 156 Å². The van der Waals surface area contributed by atoms with Gasteiger partial charge in [0.15, 0.2) is 0 Å². The standard InChI is InChI=1S/C52H42N4.C10H8N2.2CNS.Ru/c1-39-13-9-11-19-51(39)55(45-15-5-3-6-16-45)47-29-25-41(26-30-47)21-23-43-33-35-53-49(37-43)50-38-44(34-36-54-50)24-22-42-27-31-48(32-28-42)56(46-17-7-4-8-18-46)52-20-12-10-14-40(52)2;1-3-7-11-9(5-1)10-6-2-4-8-12-10;2*2-1-3;/h3-38H,1-2H3;1-8H;;;/q;;2*-1;+2/b23-21+,24-22+;;;;. The van der Waals surface area contributed by atoms with E-state index in [-0.39, 0.29) is 19.5 Å². The first kappa shape index (κ1) is 55.5. The van der Waals surface area contributed by atoms with E-state index in [1.807, 2.05) is 60.9 Å². The molecular formula is C64H50N8RuS2. The number of pyridine rings is 4. The van der Waals surface area contributed by atoms with Crippen molar-refractivity contribution in [1.82, 2.24) is 19.9 Å². The molecule has 0 radical (unpaired) electrons. The van der Waals surface area contributed by atoms with Gasteiger partial charge in [0, 0.05) is 58.9 Å². The fourth-order valence-electron chi connectivity index (χ4n) is 7.90. The number of aromatic nitrogens is 4. The smallest absolute Gasteiger partial charge is 0.753 e. The van der Waals surface area contributed by atoms with Gasteiger partial charge in [0.25, 0.3) is 0 Å². The van der Waals surface area contributed by atoms with Gasteiger partial charge >= 0.3 is 19.5 Å². The van der Waals surface area contributed by atoms with Crippen LogP contribution in [0.25, 0.3) is 57.9 Å². The van der Waals surface area contributed by atoms with Crippen LogP contribution < -0.4 is 9.80 Å². The first-order valence-corrected chi connectivity index (χ1v) is 24.4. The number of isothiocyanates is 2. The van der Waals surface area contributed by atoms with Crippen molar-refractivity contribution in [2.24, 2.45) is 0 Å². The van der Waals surface area contributed by atoms with Crippen LogP contribution in [-0.4, -0.2) is 30.3 Å². The topological polar surface area (TPSA) is 103 Å². The summed E-state index contributed by atoms with van der Waals surface area (Å²) in [4.78, 5) is 22.3. The molecule has 0 amide bonds. The zero-order chi connectivity index (χ0) is 51.7. The van der Waals surface area contributed by atoms with E-state index < -0.39 is 0 Å². The third kappa shape index (κ3) is 16.1. The quantitative estimate of drug-likeness (QED) is 0.0677. The van der Waals surface area contributed by atoms with Crippen LogP contribution in [0.3, 0.4) is 0 Å². The molecule has 0 aliphatic rings. The fraction of sp³-hybridized carbons (Fsp3) is 0.0312. The number of para-hydroxylation sites is 4. The third-order valence-corrected chi connectivity index (χ3v) is 11.4. The van der Waals surface area contributed by atoms with Crippen molar-refractivity contribution in [2.75, 3.05) is 9.80 Å². The molecule has 0 fully saturated rings. The summed E-state index contributed by atoms with van der Waals surface area (Å²) in [6, 6.07) is 75.2. The van der Waals surface area contributed by atoms with Crippen molar-refractivity contribution >= 4 is 93.2 Å². The largest absolute Gasteiger partial charge is 2.00 e. The van der Waals surface area contributed by atoms with Gasteiger partial charge in [-0.15, -0.1) is 0 Å². The third-order valence-electron chi connectivity index (χ3n) is 11.4. The van der Waals surface area contributed by atoms with E-state index in [0.29, 0.717) is 0 Å². The normalized spacial score (nSPS) is 10.2. The zero-order valence-corrected chi connectivity index (χ0v) is 44.5. The molecule has 10 aromatic rings. The van der Waals surface area contributed by atoms with Crippen LogP contribution in [0, 0.1) is 13.8 Å². The summed E-state index contributed by atoms with van der Waals surface area (Å²) in [5.41, 5.74) is 17.1. The van der Waals surface area contributed by atoms with Gasteiger partial charge in [-0.2, -0.15) is 10.3 Å². The number of anilines is 6. The summed E-state index contributed by atoms with van der Waals surface area (Å²) in [5.74, 6) is 0. The molecule has 75 heavy (non-hydrogen) atoms. The Hall–Kier alpha value is -8.78. The Labute approximate surface area is 463 Å². The van der Waals surface area contributed by atoms with Gasteiger partial charge in [0.05, 0.1) is 22.8 Å². The second kappa shape index (κ2) is 29.7. The number of rotatable bonds is 12. The molecule has 0 aliphatic carbocycles. The first-order chi connectivity index (χ1) is 36.4. The minimum atomic E-state index is 0. The molecule has 8 nitrogen and oxygen atoms in total. The number of hydrogen-bond acceptors (Lipinski definition) is 8. The van der Waals surface area contributed by atoms with Crippen LogP contribution >= 0.6 is 24.4 Å². The molecule has 6 aromatic carbocycles. The number of hydrogen-bond donors (Lipinski definition) is 0. The Morgan fingerprint density at radius 1 is 0.347 bits per heavy atom. The minimum absolute atomic E-state index is 0. The monoisotopic (exact) mass is 1100 g/mol. The van der Waals surface area contributed by atoms with Crippen LogP contribution in [0.2, 0.25) is 0 Å². The minimum Gasteiger partial charge on any atom is -0.753 e. The van der Waals surface area contributed by atoms with Gasteiger partial charge in [0.2, 0.25) is 0 Å². The summed E-state index contributed by atoms with van der Waals surface area (Å²) in [6.45, 7) is 4.31. The molecule has 10 rings (SSSR count). The molecule has 0 spiro atoms. The number of benzene rings is 6. The summed E-state index contributed by atoms with van der Waals surface area (Å²) in [7, 11) is 0. The molecule has 0 atom stereocenters. The van der Waals surface area contributed by atoms with Crippen molar-refractivity contribution in [3.05, 3.63) is 287 Å². The number of nitrogens with zero attached hydrogens (tertiary/aromatic N) is 8. The molecule has 0 bridgehead atoms. The van der Waals surface area contributed by atoms with Crippen LogP contribution in [-0.2, 0) is 19.5 Å². The molecule has 11 heteroatoms. The van der Waals surface area contributed by atoms with Crippen LogP contribution in [0.1, 0.15) is 33.4 Å². The van der Waals surface area contributed by atoms with Crippen LogP contribution in [0.15, 0.2) is 243 Å². The van der Waals surface area contributed by atoms with E-state index in [1.54, 1.807) is 12.4 Å². The van der Waals surface area contributed by atoms with Gasteiger partial charge in [-0.25, -0.2) is 0 Å². The van der Waals surface area contributed by atoms with E-state index in [0.717, 1.165) is 67.8 Å². The summed E-state index contributed by atoms with van der Waals surface area (Å²) < 4.78 is 0. The first-order valence-electron chi connectivity index (χ1n) is 23.5. The molecule has 0 saturated carbocycles. The summed E-state index contributed by atoms with van der Waals surface area (Å²) in [5, 5.41) is 16.9. The second-order valence-electron chi connectivity index (χ2n) is 16.3. The van der Waals surface area contributed by atoms with Crippen molar-refractivity contribution in [1.29, 1.82) is 0 Å². The van der Waals surface area contributed by atoms with Crippen molar-refractivity contribution < 1.29 is 19.5 Å². The van der Waals surface area contributed by atoms with Gasteiger partial charge < -0.3 is 20.6 Å². The van der Waals surface area contributed by atoms with Gasteiger partial charge in [0.1, 0.15) is 0 Å². The molecule has 4 aromatic heterocycles. The van der Waals surface area contributed by atoms with E-state index in [1.165, 1.54) is 32.8 Å². The summed E-state index contributed by atoms with van der Waals surface area (Å²) in [6.07, 6.45) is 15.8. The Kier molecular flexibility index (Phi) is 22.0. The Bertz CT molecular complexity index is 3220. The van der Waals surface area contributed by atoms with Crippen LogP contribution in [0.5, 0.6) is 0 Å². The maximum Gasteiger partial charge on any atom is 2.00 e. The van der Waals surface area contributed by atoms with E-state index in [9.17, 15) is 0 Å². The molecule has 0 saturated heterocycles. The molecule has 0 N–H and O–H groups in total. The summed E-state index contributed by atoms with van der Waals surface area (Å²) >= 11 is 7.40. The average Bonchev–Trinajstić information content (AvgIpc) is 3.46. The molecule has 0 unspecified atom stereocenters. The Balaban J connectivity index is 0.000000409. The van der Waals surface area contributed by atoms with Gasteiger partial charge in [-0.3, -0.25) is 19.9 Å². The van der Waals surface area contributed by atoms with E-state index in [2.05, 4.69) is 262 Å². The molecule has 0 aliphatic heterocycles. The molecular weight excluding hydrogens is 1050 g/mol. The fourth-order valence-corrected chi connectivity index (χ4v) is 7.90. The predicted molar refractivity (Wildman–Crippen MR) is 316 cm³/mol.